The van der Waals surface area contributed by atoms with Gasteiger partial charge in [-0.25, -0.2) is 0 Å². The van der Waals surface area contributed by atoms with Crippen molar-refractivity contribution in [3.63, 3.8) is 0 Å². The lowest BCUT2D eigenvalue weighted by Gasteiger charge is -2.29. The largest absolute Gasteiger partial charge is 0.508 e. The monoisotopic (exact) mass is 254 g/mol. The maximum Gasteiger partial charge on any atom is 0.115 e. The fourth-order valence-corrected chi connectivity index (χ4v) is 2.13. The average Bonchev–Trinajstić information content (AvgIpc) is 2.28. The van der Waals surface area contributed by atoms with E-state index in [1.165, 1.54) is 0 Å². The Hall–Kier alpha value is -1.17. The normalized spacial score (nSPS) is 12.6. The molecule has 0 fully saturated rings. The first-order valence-corrected chi connectivity index (χ1v) is 5.94. The molecule has 0 radical (unpaired) electrons. The molecule has 0 spiro atoms. The molecule has 5 heteroatoms. The van der Waals surface area contributed by atoms with Crippen LogP contribution in [-0.2, 0) is 0 Å². The van der Waals surface area contributed by atoms with Gasteiger partial charge in [0.15, 0.2) is 0 Å². The van der Waals surface area contributed by atoms with Crippen molar-refractivity contribution in [3.05, 3.63) is 29.8 Å². The third-order valence-electron chi connectivity index (χ3n) is 2.61. The van der Waals surface area contributed by atoms with E-state index >= 15 is 0 Å². The highest BCUT2D eigenvalue weighted by molar-refractivity contribution is 7.80. The van der Waals surface area contributed by atoms with Gasteiger partial charge in [0.2, 0.25) is 0 Å². The third-order valence-corrected chi connectivity index (χ3v) is 2.84. The van der Waals surface area contributed by atoms with Gasteiger partial charge in [0.05, 0.1) is 17.6 Å². The summed E-state index contributed by atoms with van der Waals surface area (Å²) in [5, 5.41) is 18.5. The molecular weight excluding hydrogens is 236 g/mol. The molecule has 1 atom stereocenters. The topological polar surface area (TPSA) is 69.7 Å². The fourth-order valence-electron chi connectivity index (χ4n) is 1.85. The second-order valence-corrected chi connectivity index (χ2v) is 4.22. The van der Waals surface area contributed by atoms with Crippen LogP contribution in [0.5, 0.6) is 5.75 Å². The van der Waals surface area contributed by atoms with Crippen molar-refractivity contribution in [2.45, 2.75) is 13.0 Å². The van der Waals surface area contributed by atoms with Gasteiger partial charge in [-0.05, 0) is 24.2 Å². The second-order valence-electron chi connectivity index (χ2n) is 3.75. The van der Waals surface area contributed by atoms with Crippen LogP contribution in [0.15, 0.2) is 24.3 Å². The molecule has 94 valence electrons. The number of hydrogen-bond donors (Lipinski definition) is 3. The SMILES string of the molecule is CCN(CCO)C(C(N)=S)c1cccc(O)c1. The molecule has 1 rings (SSSR count). The minimum atomic E-state index is -0.255. The molecule has 0 bridgehead atoms. The van der Waals surface area contributed by atoms with E-state index in [4.69, 9.17) is 23.1 Å². The first kappa shape index (κ1) is 13.9. The van der Waals surface area contributed by atoms with Gasteiger partial charge in [-0.3, -0.25) is 4.90 Å². The van der Waals surface area contributed by atoms with Crippen LogP contribution in [0.1, 0.15) is 18.5 Å². The number of phenols is 1. The summed E-state index contributed by atoms with van der Waals surface area (Å²) in [6.07, 6.45) is 0. The van der Waals surface area contributed by atoms with E-state index in [9.17, 15) is 5.11 Å². The molecule has 0 saturated heterocycles. The Bertz CT molecular complexity index is 385. The first-order valence-electron chi connectivity index (χ1n) is 5.53. The molecule has 0 amide bonds. The summed E-state index contributed by atoms with van der Waals surface area (Å²) in [6.45, 7) is 3.24. The Kier molecular flexibility index (Phi) is 5.34. The van der Waals surface area contributed by atoms with Crippen molar-refractivity contribution >= 4 is 17.2 Å². The number of aliphatic hydroxyl groups is 1. The number of hydrogen-bond acceptors (Lipinski definition) is 4. The van der Waals surface area contributed by atoms with Gasteiger partial charge >= 0.3 is 0 Å². The molecule has 4 N–H and O–H groups in total. The highest BCUT2D eigenvalue weighted by Crippen LogP contribution is 2.23. The Morgan fingerprint density at radius 1 is 1.53 bits per heavy atom. The van der Waals surface area contributed by atoms with E-state index in [-0.39, 0.29) is 18.4 Å². The molecule has 0 aliphatic rings. The summed E-state index contributed by atoms with van der Waals surface area (Å²) in [5.74, 6) is 0.184. The lowest BCUT2D eigenvalue weighted by atomic mass is 10.0. The standard InChI is InChI=1S/C12H18N2O2S/c1-2-14(6-7-15)11(12(13)17)9-4-3-5-10(16)8-9/h3-5,8,11,15-16H,2,6-7H2,1H3,(H2,13,17). The van der Waals surface area contributed by atoms with Crippen LogP contribution < -0.4 is 5.73 Å². The van der Waals surface area contributed by atoms with Crippen molar-refractivity contribution < 1.29 is 10.2 Å². The van der Waals surface area contributed by atoms with Crippen LogP contribution >= 0.6 is 12.2 Å². The number of aliphatic hydroxyl groups excluding tert-OH is 1. The zero-order valence-corrected chi connectivity index (χ0v) is 10.7. The number of benzene rings is 1. The van der Waals surface area contributed by atoms with Gasteiger partial charge in [-0.1, -0.05) is 31.3 Å². The number of likely N-dealkylation sites (N-methyl/N-ethyl adjacent to an activating group) is 1. The summed E-state index contributed by atoms with van der Waals surface area (Å²) in [6, 6.07) is 6.60. The Labute approximate surface area is 107 Å². The lowest BCUT2D eigenvalue weighted by molar-refractivity contribution is 0.185. The van der Waals surface area contributed by atoms with Crippen LogP contribution in [0, 0.1) is 0 Å². The number of nitrogens with two attached hydrogens (primary N) is 1. The lowest BCUT2D eigenvalue weighted by Crippen LogP contribution is -2.38. The summed E-state index contributed by atoms with van der Waals surface area (Å²) < 4.78 is 0. The molecule has 1 aromatic rings. The fraction of sp³-hybridized carbons (Fsp3) is 0.417. The molecule has 1 aromatic carbocycles. The van der Waals surface area contributed by atoms with Crippen molar-refractivity contribution in [1.82, 2.24) is 4.90 Å². The molecule has 17 heavy (non-hydrogen) atoms. The quantitative estimate of drug-likeness (QED) is 0.662. The van der Waals surface area contributed by atoms with Crippen LogP contribution in [0.2, 0.25) is 0 Å². The van der Waals surface area contributed by atoms with E-state index in [2.05, 4.69) is 0 Å². The van der Waals surface area contributed by atoms with Crippen LogP contribution in [-0.4, -0.2) is 39.8 Å². The Balaban J connectivity index is 3.03. The molecule has 0 aliphatic heterocycles. The van der Waals surface area contributed by atoms with E-state index in [1.54, 1.807) is 18.2 Å². The minimum Gasteiger partial charge on any atom is -0.508 e. The number of phenolic OH excluding ortho intramolecular Hbond substituents is 1. The van der Waals surface area contributed by atoms with Crippen LogP contribution in [0.25, 0.3) is 0 Å². The van der Waals surface area contributed by atoms with Gasteiger partial charge in [-0.15, -0.1) is 0 Å². The van der Waals surface area contributed by atoms with E-state index in [0.717, 1.165) is 12.1 Å². The predicted molar refractivity (Wildman–Crippen MR) is 72.0 cm³/mol. The summed E-state index contributed by atoms with van der Waals surface area (Å²) in [5.41, 5.74) is 6.59. The van der Waals surface area contributed by atoms with Crippen molar-refractivity contribution in [2.75, 3.05) is 19.7 Å². The molecule has 0 aliphatic carbocycles. The van der Waals surface area contributed by atoms with E-state index in [1.807, 2.05) is 17.9 Å². The van der Waals surface area contributed by atoms with Crippen LogP contribution in [0.3, 0.4) is 0 Å². The molecule has 4 nitrogen and oxygen atoms in total. The Morgan fingerprint density at radius 2 is 2.24 bits per heavy atom. The van der Waals surface area contributed by atoms with Gasteiger partial charge < -0.3 is 15.9 Å². The third kappa shape index (κ3) is 3.66. The predicted octanol–water partition coefficient (Wildman–Crippen LogP) is 1.03. The molecule has 0 aromatic heterocycles. The van der Waals surface area contributed by atoms with Gasteiger partial charge in [0.1, 0.15) is 5.75 Å². The number of rotatable bonds is 6. The van der Waals surface area contributed by atoms with Crippen LogP contribution in [0.4, 0.5) is 0 Å². The molecular formula is C12H18N2O2S. The van der Waals surface area contributed by atoms with Crippen molar-refractivity contribution in [3.8, 4) is 5.75 Å². The van der Waals surface area contributed by atoms with Gasteiger partial charge in [0.25, 0.3) is 0 Å². The maximum atomic E-state index is 9.48. The zero-order valence-electron chi connectivity index (χ0n) is 9.84. The first-order chi connectivity index (χ1) is 8.10. The summed E-state index contributed by atoms with van der Waals surface area (Å²) >= 11 is 5.07. The average molecular weight is 254 g/mol. The maximum absolute atomic E-state index is 9.48. The molecule has 1 unspecified atom stereocenters. The van der Waals surface area contributed by atoms with Crippen molar-refractivity contribution in [2.24, 2.45) is 5.73 Å². The van der Waals surface area contributed by atoms with Gasteiger partial charge in [0, 0.05) is 6.54 Å². The highest BCUT2D eigenvalue weighted by Gasteiger charge is 2.21. The van der Waals surface area contributed by atoms with E-state index in [0.29, 0.717) is 11.5 Å². The smallest absolute Gasteiger partial charge is 0.115 e. The zero-order chi connectivity index (χ0) is 12.8. The minimum absolute atomic E-state index is 0.0474. The highest BCUT2D eigenvalue weighted by atomic mass is 32.1. The van der Waals surface area contributed by atoms with Gasteiger partial charge in [-0.2, -0.15) is 0 Å². The van der Waals surface area contributed by atoms with E-state index < -0.39 is 0 Å². The molecule has 0 saturated carbocycles. The van der Waals surface area contributed by atoms with Crippen molar-refractivity contribution in [1.29, 1.82) is 0 Å². The number of thiocarbonyl (C=S) groups is 1. The number of aromatic hydroxyl groups is 1. The summed E-state index contributed by atoms with van der Waals surface area (Å²) in [7, 11) is 0. The summed E-state index contributed by atoms with van der Waals surface area (Å²) in [4.78, 5) is 2.31. The Morgan fingerprint density at radius 3 is 2.71 bits per heavy atom. The molecule has 0 heterocycles. The second kappa shape index (κ2) is 6.54. The number of nitrogens with zero attached hydrogens (tertiary/aromatic N) is 1.